The lowest BCUT2D eigenvalue weighted by molar-refractivity contribution is -0.385. The standard InChI is InChI=1S/C16H20ClN3O5/c1-11-10-19(8-7-18(11)6-5-15(21)25-2)16(22)13-4-3-12(17)9-14(13)20(23)24/h3-4,9,11H,5-8,10H2,1-2H3/t11-/m1/s1. The molecule has 25 heavy (non-hydrogen) atoms. The van der Waals surface area contributed by atoms with Crippen molar-refractivity contribution in [2.75, 3.05) is 33.3 Å². The molecule has 0 unspecified atom stereocenters. The molecule has 0 bridgehead atoms. The number of esters is 1. The largest absolute Gasteiger partial charge is 0.469 e. The van der Waals surface area contributed by atoms with Crippen molar-refractivity contribution in [2.24, 2.45) is 0 Å². The lowest BCUT2D eigenvalue weighted by atomic mass is 10.1. The predicted octanol–water partition coefficient (Wildman–Crippen LogP) is 1.96. The number of carbonyl (C=O) groups excluding carboxylic acids is 2. The van der Waals surface area contributed by atoms with Gasteiger partial charge in [-0.2, -0.15) is 0 Å². The van der Waals surface area contributed by atoms with E-state index in [1.54, 1.807) is 4.90 Å². The highest BCUT2D eigenvalue weighted by Crippen LogP contribution is 2.25. The molecule has 8 nitrogen and oxygen atoms in total. The highest BCUT2D eigenvalue weighted by Gasteiger charge is 2.30. The number of amides is 1. The molecule has 1 aliphatic heterocycles. The number of nitro benzene ring substituents is 1. The molecular formula is C16H20ClN3O5. The first-order valence-electron chi connectivity index (χ1n) is 7.87. The van der Waals surface area contributed by atoms with Gasteiger partial charge in [0.05, 0.1) is 18.5 Å². The third-order valence-corrected chi connectivity index (χ3v) is 4.51. The maximum Gasteiger partial charge on any atom is 0.306 e. The third-order valence-electron chi connectivity index (χ3n) is 4.27. The van der Waals surface area contributed by atoms with Crippen LogP contribution in [0.3, 0.4) is 0 Å². The van der Waals surface area contributed by atoms with Crippen molar-refractivity contribution in [3.05, 3.63) is 38.9 Å². The second kappa shape index (κ2) is 8.26. The van der Waals surface area contributed by atoms with Crippen molar-refractivity contribution in [3.8, 4) is 0 Å². The Hall–Kier alpha value is -2.19. The van der Waals surface area contributed by atoms with Crippen molar-refractivity contribution >= 4 is 29.2 Å². The fourth-order valence-corrected chi connectivity index (χ4v) is 3.02. The lowest BCUT2D eigenvalue weighted by Gasteiger charge is -2.39. The average molecular weight is 370 g/mol. The van der Waals surface area contributed by atoms with E-state index in [0.717, 1.165) is 0 Å². The van der Waals surface area contributed by atoms with Gasteiger partial charge in [0.15, 0.2) is 0 Å². The fraction of sp³-hybridized carbons (Fsp3) is 0.500. The quantitative estimate of drug-likeness (QED) is 0.447. The first-order valence-corrected chi connectivity index (χ1v) is 8.25. The lowest BCUT2D eigenvalue weighted by Crippen LogP contribution is -2.54. The summed E-state index contributed by atoms with van der Waals surface area (Å²) < 4.78 is 4.63. The number of piperazine rings is 1. The summed E-state index contributed by atoms with van der Waals surface area (Å²) in [4.78, 5) is 38.2. The minimum absolute atomic E-state index is 0.0320. The number of ether oxygens (including phenoxy) is 1. The van der Waals surface area contributed by atoms with Crippen LogP contribution in [0.25, 0.3) is 0 Å². The van der Waals surface area contributed by atoms with Crippen molar-refractivity contribution in [1.29, 1.82) is 0 Å². The van der Waals surface area contributed by atoms with Crippen LogP contribution in [0, 0.1) is 10.1 Å². The van der Waals surface area contributed by atoms with Crippen molar-refractivity contribution in [3.63, 3.8) is 0 Å². The molecule has 1 aliphatic rings. The molecule has 0 spiro atoms. The maximum absolute atomic E-state index is 12.7. The topological polar surface area (TPSA) is 93.0 Å². The summed E-state index contributed by atoms with van der Waals surface area (Å²) in [6.45, 7) is 3.96. The Bertz CT molecular complexity index is 682. The zero-order valence-corrected chi connectivity index (χ0v) is 14.9. The molecule has 0 saturated carbocycles. The highest BCUT2D eigenvalue weighted by atomic mass is 35.5. The summed E-state index contributed by atoms with van der Waals surface area (Å²) in [5, 5.41) is 11.4. The molecule has 1 saturated heterocycles. The minimum Gasteiger partial charge on any atom is -0.469 e. The molecular weight excluding hydrogens is 350 g/mol. The monoisotopic (exact) mass is 369 g/mol. The van der Waals surface area contributed by atoms with E-state index in [-0.39, 0.29) is 40.6 Å². The minimum atomic E-state index is -0.602. The van der Waals surface area contributed by atoms with Crippen LogP contribution in [0.2, 0.25) is 5.02 Å². The van der Waals surface area contributed by atoms with E-state index in [9.17, 15) is 19.7 Å². The van der Waals surface area contributed by atoms with Gasteiger partial charge in [-0.15, -0.1) is 0 Å². The van der Waals surface area contributed by atoms with Crippen LogP contribution in [0.1, 0.15) is 23.7 Å². The van der Waals surface area contributed by atoms with Crippen molar-refractivity contribution in [1.82, 2.24) is 9.80 Å². The van der Waals surface area contributed by atoms with Gasteiger partial charge in [0, 0.05) is 43.3 Å². The van der Waals surface area contributed by atoms with Crippen LogP contribution in [0.4, 0.5) is 5.69 Å². The van der Waals surface area contributed by atoms with E-state index in [2.05, 4.69) is 9.64 Å². The number of nitrogens with zero attached hydrogens (tertiary/aromatic N) is 3. The van der Waals surface area contributed by atoms with Gasteiger partial charge in [-0.3, -0.25) is 24.6 Å². The number of carbonyl (C=O) groups is 2. The Labute approximate surface area is 150 Å². The second-order valence-electron chi connectivity index (χ2n) is 5.88. The van der Waals surface area contributed by atoms with Crippen molar-refractivity contribution < 1.29 is 19.2 Å². The molecule has 136 valence electrons. The molecule has 1 aromatic carbocycles. The van der Waals surface area contributed by atoms with E-state index < -0.39 is 4.92 Å². The maximum atomic E-state index is 12.7. The number of hydrogen-bond acceptors (Lipinski definition) is 6. The molecule has 0 aliphatic carbocycles. The normalized spacial score (nSPS) is 18.0. The molecule has 1 fully saturated rings. The first-order chi connectivity index (χ1) is 11.8. The van der Waals surface area contributed by atoms with E-state index in [1.807, 2.05) is 6.92 Å². The number of hydrogen-bond donors (Lipinski definition) is 0. The first kappa shape index (κ1) is 19.1. The Kier molecular flexibility index (Phi) is 6.33. The molecule has 0 radical (unpaired) electrons. The van der Waals surface area contributed by atoms with Crippen molar-refractivity contribution in [2.45, 2.75) is 19.4 Å². The SMILES string of the molecule is COC(=O)CCN1CCN(C(=O)c2ccc(Cl)cc2[N+](=O)[O-])C[C@H]1C. The van der Waals surface area contributed by atoms with E-state index in [1.165, 1.54) is 25.3 Å². The average Bonchev–Trinajstić information content (AvgIpc) is 2.59. The second-order valence-corrected chi connectivity index (χ2v) is 6.32. The summed E-state index contributed by atoms with van der Waals surface area (Å²) in [5.74, 6) is -0.662. The molecule has 1 aromatic rings. The Morgan fingerprint density at radius 1 is 1.40 bits per heavy atom. The van der Waals surface area contributed by atoms with Crippen LogP contribution in [-0.2, 0) is 9.53 Å². The number of halogens is 1. The Morgan fingerprint density at radius 2 is 2.12 bits per heavy atom. The van der Waals surface area contributed by atoms with Gasteiger partial charge in [-0.25, -0.2) is 0 Å². The molecule has 9 heteroatoms. The van der Waals surface area contributed by atoms with E-state index in [0.29, 0.717) is 26.2 Å². The van der Waals surface area contributed by atoms with Crippen LogP contribution >= 0.6 is 11.6 Å². The summed E-state index contributed by atoms with van der Waals surface area (Å²) in [5.41, 5.74) is -0.261. The van der Waals surface area contributed by atoms with Crippen LogP contribution in [-0.4, -0.2) is 65.9 Å². The predicted molar refractivity (Wildman–Crippen MR) is 91.7 cm³/mol. The molecule has 0 aromatic heterocycles. The smallest absolute Gasteiger partial charge is 0.306 e. The number of rotatable bonds is 5. The van der Waals surface area contributed by atoms with E-state index in [4.69, 9.17) is 11.6 Å². The van der Waals surface area contributed by atoms with Gasteiger partial charge in [-0.1, -0.05) is 11.6 Å². The molecule has 1 heterocycles. The third kappa shape index (κ3) is 4.67. The summed E-state index contributed by atoms with van der Waals surface area (Å²) in [7, 11) is 1.35. The highest BCUT2D eigenvalue weighted by molar-refractivity contribution is 6.31. The van der Waals surface area contributed by atoms with Gasteiger partial charge in [0.25, 0.3) is 11.6 Å². The molecule has 2 rings (SSSR count). The zero-order chi connectivity index (χ0) is 18.6. The number of nitro groups is 1. The van der Waals surface area contributed by atoms with Crippen LogP contribution in [0.5, 0.6) is 0 Å². The summed E-state index contributed by atoms with van der Waals surface area (Å²) >= 11 is 5.79. The Balaban J connectivity index is 2.06. The summed E-state index contributed by atoms with van der Waals surface area (Å²) in [6, 6.07) is 4.08. The zero-order valence-electron chi connectivity index (χ0n) is 14.1. The molecule has 1 amide bonds. The number of methoxy groups -OCH3 is 1. The van der Waals surface area contributed by atoms with Gasteiger partial charge >= 0.3 is 5.97 Å². The summed E-state index contributed by atoms with van der Waals surface area (Å²) in [6.07, 6.45) is 0.289. The van der Waals surface area contributed by atoms with Gasteiger partial charge in [-0.05, 0) is 19.1 Å². The van der Waals surface area contributed by atoms with Crippen LogP contribution in [0.15, 0.2) is 18.2 Å². The van der Waals surface area contributed by atoms with E-state index >= 15 is 0 Å². The van der Waals surface area contributed by atoms with Crippen LogP contribution < -0.4 is 0 Å². The molecule has 0 N–H and O–H groups in total. The van der Waals surface area contributed by atoms with Gasteiger partial charge in [0.2, 0.25) is 0 Å². The Morgan fingerprint density at radius 3 is 2.72 bits per heavy atom. The number of benzene rings is 1. The van der Waals surface area contributed by atoms with Gasteiger partial charge < -0.3 is 9.64 Å². The molecule has 1 atom stereocenters. The fourth-order valence-electron chi connectivity index (χ4n) is 2.86. The van der Waals surface area contributed by atoms with Gasteiger partial charge in [0.1, 0.15) is 5.56 Å².